The first kappa shape index (κ1) is 14.3. The zero-order valence-electron chi connectivity index (χ0n) is 11.6. The molecule has 0 fully saturated rings. The van der Waals surface area contributed by atoms with Crippen LogP contribution in [0.1, 0.15) is 20.3 Å². The summed E-state index contributed by atoms with van der Waals surface area (Å²) in [6.45, 7) is 4.18. The number of amides is 2. The number of hydrogen-bond acceptors (Lipinski definition) is 4. The van der Waals surface area contributed by atoms with E-state index in [0.29, 0.717) is 24.6 Å². The molecular formula is C14H18N2O4. The van der Waals surface area contributed by atoms with Gasteiger partial charge in [0.15, 0.2) is 6.10 Å². The summed E-state index contributed by atoms with van der Waals surface area (Å²) in [6.07, 6.45) is -0.368. The molecule has 1 unspecified atom stereocenters. The second-order valence-electron chi connectivity index (χ2n) is 4.43. The third-order valence-electron chi connectivity index (χ3n) is 2.97. The standard InChI is InChI=1S/C14H18N2O4/c1-3-19-15-13(17)8-9-16-11-6-4-5-7-12(11)20-10(2)14(16)18/h4-7,10H,3,8-9H2,1-2H3,(H,15,17). The first-order valence-corrected chi connectivity index (χ1v) is 6.61. The van der Waals surface area contributed by atoms with Gasteiger partial charge in [-0.1, -0.05) is 12.1 Å². The molecule has 0 saturated carbocycles. The Morgan fingerprint density at radius 1 is 1.45 bits per heavy atom. The Balaban J connectivity index is 2.06. The van der Waals surface area contributed by atoms with E-state index >= 15 is 0 Å². The molecule has 6 nitrogen and oxygen atoms in total. The third kappa shape index (κ3) is 3.08. The van der Waals surface area contributed by atoms with Crippen LogP contribution in [0.25, 0.3) is 0 Å². The van der Waals surface area contributed by atoms with Crippen LogP contribution in [0.2, 0.25) is 0 Å². The molecule has 0 radical (unpaired) electrons. The van der Waals surface area contributed by atoms with E-state index in [4.69, 9.17) is 9.57 Å². The van der Waals surface area contributed by atoms with Crippen LogP contribution >= 0.6 is 0 Å². The zero-order chi connectivity index (χ0) is 14.5. The molecule has 0 aromatic heterocycles. The highest BCUT2D eigenvalue weighted by Gasteiger charge is 2.31. The molecule has 1 aromatic carbocycles. The van der Waals surface area contributed by atoms with Crippen molar-refractivity contribution < 1.29 is 19.2 Å². The lowest BCUT2D eigenvalue weighted by atomic mass is 10.1. The second-order valence-corrected chi connectivity index (χ2v) is 4.43. The number of hydrogen-bond donors (Lipinski definition) is 1. The van der Waals surface area contributed by atoms with Crippen molar-refractivity contribution in [2.75, 3.05) is 18.1 Å². The van der Waals surface area contributed by atoms with E-state index in [9.17, 15) is 9.59 Å². The van der Waals surface area contributed by atoms with E-state index in [2.05, 4.69) is 5.48 Å². The first-order valence-electron chi connectivity index (χ1n) is 6.61. The number of anilines is 1. The lowest BCUT2D eigenvalue weighted by Gasteiger charge is -2.32. The number of nitrogens with zero attached hydrogens (tertiary/aromatic N) is 1. The minimum Gasteiger partial charge on any atom is -0.479 e. The highest BCUT2D eigenvalue weighted by molar-refractivity contribution is 6.00. The maximum atomic E-state index is 12.2. The Bertz CT molecular complexity index is 504. The molecule has 1 aromatic rings. The van der Waals surface area contributed by atoms with Crippen molar-refractivity contribution in [2.24, 2.45) is 0 Å². The molecule has 1 aliphatic heterocycles. The van der Waals surface area contributed by atoms with Crippen molar-refractivity contribution in [3.05, 3.63) is 24.3 Å². The van der Waals surface area contributed by atoms with Crippen molar-refractivity contribution in [1.82, 2.24) is 5.48 Å². The van der Waals surface area contributed by atoms with Crippen molar-refractivity contribution in [3.63, 3.8) is 0 Å². The van der Waals surface area contributed by atoms with Crippen LogP contribution in [0.5, 0.6) is 5.75 Å². The Morgan fingerprint density at radius 2 is 2.20 bits per heavy atom. The van der Waals surface area contributed by atoms with Gasteiger partial charge in [-0.15, -0.1) is 0 Å². The van der Waals surface area contributed by atoms with Crippen LogP contribution in [0.3, 0.4) is 0 Å². The summed E-state index contributed by atoms with van der Waals surface area (Å²) in [5, 5.41) is 0. The van der Waals surface area contributed by atoms with Gasteiger partial charge in [0.2, 0.25) is 5.91 Å². The van der Waals surface area contributed by atoms with Crippen LogP contribution < -0.4 is 15.1 Å². The summed E-state index contributed by atoms with van der Waals surface area (Å²) in [4.78, 5) is 30.1. The predicted octanol–water partition coefficient (Wildman–Crippen LogP) is 1.26. The average Bonchev–Trinajstić information content (AvgIpc) is 2.45. The lowest BCUT2D eigenvalue weighted by molar-refractivity contribution is -0.133. The normalized spacial score (nSPS) is 17.4. The quantitative estimate of drug-likeness (QED) is 0.823. The summed E-state index contributed by atoms with van der Waals surface area (Å²) < 4.78 is 5.53. The van der Waals surface area contributed by atoms with Crippen molar-refractivity contribution in [2.45, 2.75) is 26.4 Å². The van der Waals surface area contributed by atoms with E-state index < -0.39 is 6.10 Å². The molecule has 20 heavy (non-hydrogen) atoms. The SMILES string of the molecule is CCONC(=O)CCN1C(=O)C(C)Oc2ccccc21. The molecule has 0 aliphatic carbocycles. The monoisotopic (exact) mass is 278 g/mol. The van der Waals surface area contributed by atoms with E-state index in [1.807, 2.05) is 18.2 Å². The molecule has 0 saturated heterocycles. The number of para-hydroxylation sites is 2. The molecule has 1 N–H and O–H groups in total. The molecule has 2 rings (SSSR count). The Hall–Kier alpha value is -2.08. The molecule has 1 aliphatic rings. The van der Waals surface area contributed by atoms with Gasteiger partial charge in [0.25, 0.3) is 5.91 Å². The van der Waals surface area contributed by atoms with Crippen LogP contribution in [0.4, 0.5) is 5.69 Å². The van der Waals surface area contributed by atoms with Crippen molar-refractivity contribution in [1.29, 1.82) is 0 Å². The maximum absolute atomic E-state index is 12.2. The topological polar surface area (TPSA) is 67.9 Å². The van der Waals surface area contributed by atoms with E-state index in [0.717, 1.165) is 0 Å². The number of benzene rings is 1. The van der Waals surface area contributed by atoms with Gasteiger partial charge in [0, 0.05) is 13.0 Å². The van der Waals surface area contributed by atoms with E-state index in [1.54, 1.807) is 24.8 Å². The second kappa shape index (κ2) is 6.38. The number of carbonyl (C=O) groups is 2. The number of ether oxygens (including phenoxy) is 1. The van der Waals surface area contributed by atoms with Gasteiger partial charge in [0.1, 0.15) is 5.75 Å². The molecule has 108 valence electrons. The smallest absolute Gasteiger partial charge is 0.267 e. The lowest BCUT2D eigenvalue weighted by Crippen LogP contribution is -2.45. The fourth-order valence-electron chi connectivity index (χ4n) is 2.01. The van der Waals surface area contributed by atoms with Gasteiger partial charge in [-0.05, 0) is 26.0 Å². The van der Waals surface area contributed by atoms with Crippen molar-refractivity contribution >= 4 is 17.5 Å². The van der Waals surface area contributed by atoms with E-state index in [1.165, 1.54) is 0 Å². The minimum atomic E-state index is -0.542. The van der Waals surface area contributed by atoms with Crippen LogP contribution in [0, 0.1) is 0 Å². The zero-order valence-corrected chi connectivity index (χ0v) is 11.6. The van der Waals surface area contributed by atoms with Gasteiger partial charge < -0.3 is 9.64 Å². The summed E-state index contributed by atoms with van der Waals surface area (Å²) in [6, 6.07) is 7.30. The fraction of sp³-hybridized carbons (Fsp3) is 0.429. The Labute approximate surface area is 117 Å². The van der Waals surface area contributed by atoms with Gasteiger partial charge in [0.05, 0.1) is 12.3 Å². The molecule has 1 heterocycles. The summed E-state index contributed by atoms with van der Waals surface area (Å²) in [5.41, 5.74) is 3.01. The van der Waals surface area contributed by atoms with Crippen LogP contribution in [-0.4, -0.2) is 31.1 Å². The molecular weight excluding hydrogens is 260 g/mol. The molecule has 0 spiro atoms. The summed E-state index contributed by atoms with van der Waals surface area (Å²) >= 11 is 0. The molecule has 2 amide bonds. The van der Waals surface area contributed by atoms with Crippen LogP contribution in [-0.2, 0) is 14.4 Å². The van der Waals surface area contributed by atoms with E-state index in [-0.39, 0.29) is 18.2 Å². The number of rotatable bonds is 5. The summed E-state index contributed by atoms with van der Waals surface area (Å²) in [7, 11) is 0. The number of nitrogens with one attached hydrogen (secondary N) is 1. The highest BCUT2D eigenvalue weighted by atomic mass is 16.6. The first-order chi connectivity index (χ1) is 9.63. The number of carbonyl (C=O) groups excluding carboxylic acids is 2. The van der Waals surface area contributed by atoms with Crippen LogP contribution in [0.15, 0.2) is 24.3 Å². The predicted molar refractivity (Wildman–Crippen MR) is 73.3 cm³/mol. The van der Waals surface area contributed by atoms with Crippen molar-refractivity contribution in [3.8, 4) is 5.75 Å². The molecule has 1 atom stereocenters. The highest BCUT2D eigenvalue weighted by Crippen LogP contribution is 2.33. The Morgan fingerprint density at radius 3 is 2.95 bits per heavy atom. The van der Waals surface area contributed by atoms with Gasteiger partial charge in [-0.3, -0.25) is 14.4 Å². The maximum Gasteiger partial charge on any atom is 0.267 e. The van der Waals surface area contributed by atoms with Gasteiger partial charge in [-0.2, -0.15) is 0 Å². The largest absolute Gasteiger partial charge is 0.479 e. The minimum absolute atomic E-state index is 0.145. The van der Waals surface area contributed by atoms with Gasteiger partial charge in [-0.25, -0.2) is 5.48 Å². The number of hydroxylamine groups is 1. The molecule has 0 bridgehead atoms. The van der Waals surface area contributed by atoms with Gasteiger partial charge >= 0.3 is 0 Å². The summed E-state index contributed by atoms with van der Waals surface area (Å²) in [5.74, 6) is 0.258. The Kier molecular flexibility index (Phi) is 4.57. The fourth-order valence-corrected chi connectivity index (χ4v) is 2.01. The third-order valence-corrected chi connectivity index (χ3v) is 2.97. The average molecular weight is 278 g/mol. The molecule has 6 heteroatoms. The number of fused-ring (bicyclic) bond motifs is 1.